The van der Waals surface area contributed by atoms with Crippen LogP contribution in [0.25, 0.3) is 0 Å². The Kier molecular flexibility index (Phi) is 2.50. The van der Waals surface area contributed by atoms with Crippen LogP contribution in [-0.4, -0.2) is 13.2 Å². The third kappa shape index (κ3) is 1.77. The minimum absolute atomic E-state index is 0.587. The van der Waals surface area contributed by atoms with Gasteiger partial charge in [0, 0.05) is 12.5 Å². The molecule has 2 nitrogen and oxygen atoms in total. The number of fused-ring (bicyclic) bond motifs is 2. The first-order valence-corrected chi connectivity index (χ1v) is 6.35. The highest BCUT2D eigenvalue weighted by Crippen LogP contribution is 2.34. The van der Waals surface area contributed by atoms with Crippen molar-refractivity contribution in [2.75, 3.05) is 18.5 Å². The second-order valence-corrected chi connectivity index (χ2v) is 5.12. The Balaban J connectivity index is 1.97. The van der Waals surface area contributed by atoms with Crippen molar-refractivity contribution in [1.29, 1.82) is 0 Å². The van der Waals surface area contributed by atoms with E-state index in [9.17, 15) is 0 Å². The molecule has 0 saturated heterocycles. The second kappa shape index (κ2) is 4.00. The van der Waals surface area contributed by atoms with Gasteiger partial charge in [-0.2, -0.15) is 0 Å². The first kappa shape index (κ1) is 10.0. The molecule has 1 N–H and O–H groups in total. The van der Waals surface area contributed by atoms with Gasteiger partial charge in [-0.3, -0.25) is 0 Å². The minimum atomic E-state index is 0.587. The van der Waals surface area contributed by atoms with Gasteiger partial charge in [-0.15, -0.1) is 0 Å². The van der Waals surface area contributed by atoms with Crippen molar-refractivity contribution < 1.29 is 4.74 Å². The summed E-state index contributed by atoms with van der Waals surface area (Å²) in [5, 5.41) is 3.50. The Bertz CT molecular complexity index is 363. The van der Waals surface area contributed by atoms with Gasteiger partial charge in [0.1, 0.15) is 5.75 Å². The third-order valence-corrected chi connectivity index (χ3v) is 3.61. The van der Waals surface area contributed by atoms with Crippen molar-refractivity contribution >= 4 is 5.69 Å². The van der Waals surface area contributed by atoms with Crippen molar-refractivity contribution in [3.8, 4) is 5.75 Å². The van der Waals surface area contributed by atoms with E-state index in [1.807, 2.05) is 0 Å². The Hall–Kier alpha value is -1.18. The third-order valence-electron chi connectivity index (χ3n) is 3.61. The normalized spacial score (nSPS) is 23.4. The number of hydrogen-bond acceptors (Lipinski definition) is 2. The molecule has 1 aromatic rings. The molecule has 0 aromatic heterocycles. The number of hydrogen-bond donors (Lipinski definition) is 1. The Morgan fingerprint density at radius 1 is 1.19 bits per heavy atom. The molecule has 2 aliphatic rings. The number of benzene rings is 1. The van der Waals surface area contributed by atoms with Gasteiger partial charge in [0.2, 0.25) is 0 Å². The van der Waals surface area contributed by atoms with Crippen molar-refractivity contribution in [2.24, 2.45) is 5.92 Å². The van der Waals surface area contributed by atoms with Crippen molar-refractivity contribution in [3.63, 3.8) is 0 Å². The first-order chi connectivity index (χ1) is 7.83. The Labute approximate surface area is 97.0 Å². The fourth-order valence-electron chi connectivity index (χ4n) is 2.60. The fourth-order valence-corrected chi connectivity index (χ4v) is 2.60. The van der Waals surface area contributed by atoms with Crippen LogP contribution in [0.2, 0.25) is 0 Å². The van der Waals surface area contributed by atoms with Crippen molar-refractivity contribution in [3.05, 3.63) is 23.3 Å². The van der Waals surface area contributed by atoms with Gasteiger partial charge in [0.25, 0.3) is 0 Å². The monoisotopic (exact) mass is 217 g/mol. The highest BCUT2D eigenvalue weighted by Gasteiger charge is 2.17. The largest absolute Gasteiger partial charge is 0.491 e. The highest BCUT2D eigenvalue weighted by atomic mass is 16.5. The lowest BCUT2D eigenvalue weighted by Crippen LogP contribution is -2.13. The first-order valence-electron chi connectivity index (χ1n) is 6.35. The quantitative estimate of drug-likeness (QED) is 0.721. The van der Waals surface area contributed by atoms with Crippen molar-refractivity contribution in [1.82, 2.24) is 0 Å². The Morgan fingerprint density at radius 2 is 1.94 bits per heavy atom. The standard InChI is InChI=1S/C14H19NO/c1-10-8-15-13-6-11-4-2-3-5-12(11)7-14(13)16-9-10/h6-7,10,15H,2-5,8-9H2,1H3. The SMILES string of the molecule is CC1CNc2cc3c(cc2OC1)CCCC3. The zero-order chi connectivity index (χ0) is 11.0. The summed E-state index contributed by atoms with van der Waals surface area (Å²) in [5.41, 5.74) is 4.22. The zero-order valence-electron chi connectivity index (χ0n) is 9.88. The van der Waals surface area contributed by atoms with E-state index < -0.39 is 0 Å². The summed E-state index contributed by atoms with van der Waals surface area (Å²) in [6, 6.07) is 4.57. The van der Waals surface area contributed by atoms with E-state index in [-0.39, 0.29) is 0 Å². The van der Waals surface area contributed by atoms with Crippen LogP contribution in [0.1, 0.15) is 30.9 Å². The molecule has 1 heterocycles. The van der Waals surface area contributed by atoms with Crippen LogP contribution in [0.3, 0.4) is 0 Å². The molecule has 16 heavy (non-hydrogen) atoms. The molecule has 0 spiro atoms. The predicted molar refractivity (Wildman–Crippen MR) is 66.2 cm³/mol. The van der Waals surface area contributed by atoms with Gasteiger partial charge in [-0.1, -0.05) is 6.92 Å². The predicted octanol–water partition coefficient (Wildman–Crippen LogP) is 3.01. The lowest BCUT2D eigenvalue weighted by Gasteiger charge is -2.18. The van der Waals surface area contributed by atoms with Gasteiger partial charge in [-0.25, -0.2) is 0 Å². The lowest BCUT2D eigenvalue weighted by molar-refractivity contribution is 0.275. The van der Waals surface area contributed by atoms with Gasteiger partial charge in [-0.05, 0) is 48.9 Å². The Morgan fingerprint density at radius 3 is 2.75 bits per heavy atom. The molecule has 1 atom stereocenters. The molecule has 3 rings (SSSR count). The summed E-state index contributed by atoms with van der Waals surface area (Å²) >= 11 is 0. The van der Waals surface area contributed by atoms with Crippen LogP contribution in [0.5, 0.6) is 5.75 Å². The van der Waals surface area contributed by atoms with E-state index in [0.717, 1.165) is 18.9 Å². The van der Waals surface area contributed by atoms with Crippen LogP contribution in [0.4, 0.5) is 5.69 Å². The van der Waals surface area contributed by atoms with Crippen LogP contribution < -0.4 is 10.1 Å². The molecule has 86 valence electrons. The average Bonchev–Trinajstić information content (AvgIpc) is 2.49. The molecular formula is C14H19NO. The molecule has 0 radical (unpaired) electrons. The highest BCUT2D eigenvalue weighted by molar-refractivity contribution is 5.61. The maximum atomic E-state index is 5.86. The zero-order valence-corrected chi connectivity index (χ0v) is 9.88. The number of anilines is 1. The smallest absolute Gasteiger partial charge is 0.142 e. The van der Waals surface area contributed by atoms with E-state index in [2.05, 4.69) is 24.4 Å². The van der Waals surface area contributed by atoms with Gasteiger partial charge in [0.05, 0.1) is 12.3 Å². The van der Waals surface area contributed by atoms with Crippen LogP contribution in [0.15, 0.2) is 12.1 Å². The van der Waals surface area contributed by atoms with Crippen LogP contribution in [-0.2, 0) is 12.8 Å². The molecule has 1 aliphatic heterocycles. The second-order valence-electron chi connectivity index (χ2n) is 5.12. The minimum Gasteiger partial charge on any atom is -0.491 e. The van der Waals surface area contributed by atoms with E-state index in [1.54, 1.807) is 0 Å². The van der Waals surface area contributed by atoms with Crippen molar-refractivity contribution in [2.45, 2.75) is 32.6 Å². The summed E-state index contributed by atoms with van der Waals surface area (Å²) < 4.78 is 5.86. The lowest BCUT2D eigenvalue weighted by atomic mass is 9.91. The van der Waals surface area contributed by atoms with Gasteiger partial charge < -0.3 is 10.1 Å². The summed E-state index contributed by atoms with van der Waals surface area (Å²) in [5.74, 6) is 1.65. The number of aryl methyl sites for hydroxylation is 2. The molecule has 1 aliphatic carbocycles. The number of rotatable bonds is 0. The molecule has 0 bridgehead atoms. The van der Waals surface area contributed by atoms with E-state index in [4.69, 9.17) is 4.74 Å². The summed E-state index contributed by atoms with van der Waals surface area (Å²) in [6.07, 6.45) is 5.13. The molecule has 0 saturated carbocycles. The fraction of sp³-hybridized carbons (Fsp3) is 0.571. The van der Waals surface area contributed by atoms with E-state index >= 15 is 0 Å². The summed E-state index contributed by atoms with van der Waals surface area (Å²) in [4.78, 5) is 0. The maximum Gasteiger partial charge on any atom is 0.142 e. The molecular weight excluding hydrogens is 198 g/mol. The van der Waals surface area contributed by atoms with Crippen LogP contribution in [0, 0.1) is 5.92 Å². The molecule has 2 heteroatoms. The summed E-state index contributed by atoms with van der Waals surface area (Å²) in [6.45, 7) is 4.07. The maximum absolute atomic E-state index is 5.86. The van der Waals surface area contributed by atoms with Crippen LogP contribution >= 0.6 is 0 Å². The molecule has 0 amide bonds. The van der Waals surface area contributed by atoms with E-state index in [0.29, 0.717) is 5.92 Å². The molecule has 1 unspecified atom stereocenters. The molecule has 1 aromatic carbocycles. The van der Waals surface area contributed by atoms with E-state index in [1.165, 1.54) is 42.5 Å². The number of nitrogens with one attached hydrogen (secondary N) is 1. The van der Waals surface area contributed by atoms with Gasteiger partial charge in [0.15, 0.2) is 0 Å². The average molecular weight is 217 g/mol. The topological polar surface area (TPSA) is 21.3 Å². The van der Waals surface area contributed by atoms with Gasteiger partial charge >= 0.3 is 0 Å². The number of ether oxygens (including phenoxy) is 1. The summed E-state index contributed by atoms with van der Waals surface area (Å²) in [7, 11) is 0. The molecule has 0 fully saturated rings.